The zero-order valence-electron chi connectivity index (χ0n) is 12.1. The molecule has 2 aromatic rings. The Morgan fingerprint density at radius 2 is 1.68 bits per heavy atom. The van der Waals surface area contributed by atoms with E-state index in [2.05, 4.69) is 5.32 Å². The second kappa shape index (κ2) is 7.98. The summed E-state index contributed by atoms with van der Waals surface area (Å²) >= 11 is 0. The van der Waals surface area contributed by atoms with Crippen molar-refractivity contribution in [1.29, 1.82) is 0 Å². The Hall–Kier alpha value is -2.62. The molecule has 0 radical (unpaired) electrons. The Balaban J connectivity index is 0.00000242. The maximum absolute atomic E-state index is 11.8. The highest BCUT2D eigenvalue weighted by atomic mass is 16.5. The van der Waals surface area contributed by atoms with Crippen LogP contribution in [0.15, 0.2) is 48.5 Å². The molecule has 4 nitrogen and oxygen atoms in total. The van der Waals surface area contributed by atoms with Crippen LogP contribution in [0, 0.1) is 6.92 Å². The summed E-state index contributed by atoms with van der Waals surface area (Å²) in [6.45, 7) is 3.37. The van der Waals surface area contributed by atoms with Crippen LogP contribution in [0.5, 0.6) is 5.75 Å². The molecule has 1 amide bonds. The van der Waals surface area contributed by atoms with Gasteiger partial charge in [-0.25, -0.2) is 0 Å². The lowest BCUT2D eigenvalue weighted by atomic mass is 10.1. The number of anilines is 1. The second-order valence-corrected chi connectivity index (χ2v) is 4.74. The van der Waals surface area contributed by atoms with E-state index in [1.165, 1.54) is 6.92 Å². The van der Waals surface area contributed by atoms with Gasteiger partial charge in [-0.15, -0.1) is 0 Å². The van der Waals surface area contributed by atoms with Crippen molar-refractivity contribution in [3.05, 3.63) is 59.7 Å². The molecule has 0 aliphatic carbocycles. The third kappa shape index (κ3) is 4.74. The number of carbonyl (C=O) groups excluding carboxylic acids is 2. The molecule has 0 aromatic heterocycles. The molecule has 0 saturated carbocycles. The van der Waals surface area contributed by atoms with Crippen molar-refractivity contribution in [2.75, 3.05) is 11.9 Å². The molecule has 0 aliphatic rings. The fourth-order valence-electron chi connectivity index (χ4n) is 1.85. The van der Waals surface area contributed by atoms with Crippen LogP contribution in [-0.2, 0) is 4.79 Å². The zero-order valence-corrected chi connectivity index (χ0v) is 12.1. The highest BCUT2D eigenvalue weighted by Crippen LogP contribution is 2.16. The smallest absolute Gasteiger partial charge is 0.262 e. The zero-order chi connectivity index (χ0) is 15.2. The maximum atomic E-state index is 11.8. The lowest BCUT2D eigenvalue weighted by molar-refractivity contribution is -0.118. The average Bonchev–Trinajstić information content (AvgIpc) is 2.47. The summed E-state index contributed by atoms with van der Waals surface area (Å²) in [7, 11) is 0. The van der Waals surface area contributed by atoms with Crippen LogP contribution < -0.4 is 10.1 Å². The summed E-state index contributed by atoms with van der Waals surface area (Å²) in [5.74, 6) is 0.448. The van der Waals surface area contributed by atoms with E-state index in [-0.39, 0.29) is 25.7 Å². The van der Waals surface area contributed by atoms with Gasteiger partial charge in [0.15, 0.2) is 12.4 Å². The molecule has 2 rings (SSSR count). The van der Waals surface area contributed by atoms with Gasteiger partial charge in [0.05, 0.1) is 0 Å². The van der Waals surface area contributed by atoms with Gasteiger partial charge in [0.2, 0.25) is 0 Å². The van der Waals surface area contributed by atoms with Crippen LogP contribution in [0.3, 0.4) is 0 Å². The molecule has 1 N–H and O–H groups in total. The quantitative estimate of drug-likeness (QED) is 0.853. The number of amides is 1. The van der Waals surface area contributed by atoms with E-state index in [0.29, 0.717) is 17.0 Å². The minimum atomic E-state index is -0.242. The fourth-order valence-corrected chi connectivity index (χ4v) is 1.85. The molecule has 0 aliphatic heterocycles. The van der Waals surface area contributed by atoms with Gasteiger partial charge in [0, 0.05) is 11.3 Å². The number of carbonyl (C=O) groups is 2. The lowest BCUT2D eigenvalue weighted by Gasteiger charge is -2.09. The van der Waals surface area contributed by atoms with Crippen molar-refractivity contribution >= 4 is 17.4 Å². The molecule has 0 fully saturated rings. The number of ether oxygens (including phenoxy) is 1. The summed E-state index contributed by atoms with van der Waals surface area (Å²) < 4.78 is 5.47. The molecular formula is C18H21NO3. The summed E-state index contributed by atoms with van der Waals surface area (Å²) in [4.78, 5) is 23.0. The largest absolute Gasteiger partial charge is 0.483 e. The monoisotopic (exact) mass is 299 g/mol. The summed E-state index contributed by atoms with van der Waals surface area (Å²) in [5.41, 5.74) is 2.23. The molecule has 0 bridgehead atoms. The topological polar surface area (TPSA) is 55.4 Å². The predicted molar refractivity (Wildman–Crippen MR) is 88.5 cm³/mol. The molecule has 0 spiro atoms. The van der Waals surface area contributed by atoms with Crippen molar-refractivity contribution < 1.29 is 14.3 Å². The number of benzene rings is 2. The van der Waals surface area contributed by atoms with Gasteiger partial charge < -0.3 is 10.1 Å². The van der Waals surface area contributed by atoms with Crippen LogP contribution in [0.2, 0.25) is 0 Å². The molecule has 116 valence electrons. The first kappa shape index (κ1) is 17.4. The Kier molecular flexibility index (Phi) is 6.32. The van der Waals surface area contributed by atoms with E-state index in [9.17, 15) is 9.59 Å². The molecule has 22 heavy (non-hydrogen) atoms. The van der Waals surface area contributed by atoms with E-state index >= 15 is 0 Å². The van der Waals surface area contributed by atoms with Gasteiger partial charge >= 0.3 is 0 Å². The molecule has 2 aromatic carbocycles. The summed E-state index contributed by atoms with van der Waals surface area (Å²) in [6.07, 6.45) is 0. The average molecular weight is 299 g/mol. The number of hydrogen-bond donors (Lipinski definition) is 1. The van der Waals surface area contributed by atoms with Crippen LogP contribution in [0.25, 0.3) is 0 Å². The minimum absolute atomic E-state index is 0. The van der Waals surface area contributed by atoms with Crippen molar-refractivity contribution in [2.45, 2.75) is 21.3 Å². The Labute approximate surface area is 131 Å². The molecule has 0 atom stereocenters. The van der Waals surface area contributed by atoms with Crippen LogP contribution in [0.4, 0.5) is 5.69 Å². The molecule has 0 unspecified atom stereocenters. The number of nitrogens with one attached hydrogen (secondary N) is 1. The van der Waals surface area contributed by atoms with Crippen molar-refractivity contribution in [1.82, 2.24) is 0 Å². The molecule has 4 heteroatoms. The van der Waals surface area contributed by atoms with Gasteiger partial charge in [-0.1, -0.05) is 25.6 Å². The standard InChI is InChI=1S/C17H17NO3.CH4/c1-12-5-3-4-6-16(12)21-11-17(20)18-15-9-7-14(8-10-15)13(2)19;/h3-10H,11H2,1-2H3,(H,18,20);1H4. The number of ketones is 1. The van der Waals surface area contributed by atoms with Crippen molar-refractivity contribution in [3.8, 4) is 5.75 Å². The van der Waals surface area contributed by atoms with Gasteiger partial charge in [0.25, 0.3) is 5.91 Å². The van der Waals surface area contributed by atoms with Crippen LogP contribution >= 0.6 is 0 Å². The number of rotatable bonds is 5. The third-order valence-electron chi connectivity index (χ3n) is 3.03. The van der Waals surface area contributed by atoms with Gasteiger partial charge in [0.1, 0.15) is 5.75 Å². The van der Waals surface area contributed by atoms with Crippen LogP contribution in [0.1, 0.15) is 30.3 Å². The summed E-state index contributed by atoms with van der Waals surface area (Å²) in [5, 5.41) is 2.72. The van der Waals surface area contributed by atoms with E-state index in [4.69, 9.17) is 4.74 Å². The lowest BCUT2D eigenvalue weighted by Crippen LogP contribution is -2.20. The first-order valence-corrected chi connectivity index (χ1v) is 6.65. The van der Waals surface area contributed by atoms with E-state index in [1.54, 1.807) is 24.3 Å². The van der Waals surface area contributed by atoms with Crippen molar-refractivity contribution in [3.63, 3.8) is 0 Å². The number of aryl methyl sites for hydroxylation is 1. The first-order chi connectivity index (χ1) is 10.1. The second-order valence-electron chi connectivity index (χ2n) is 4.74. The minimum Gasteiger partial charge on any atom is -0.483 e. The Bertz CT molecular complexity index is 648. The van der Waals surface area contributed by atoms with E-state index in [1.807, 2.05) is 31.2 Å². The maximum Gasteiger partial charge on any atom is 0.262 e. The summed E-state index contributed by atoms with van der Waals surface area (Å²) in [6, 6.07) is 14.3. The molecular weight excluding hydrogens is 278 g/mol. The van der Waals surface area contributed by atoms with E-state index in [0.717, 1.165) is 5.56 Å². The number of para-hydroxylation sites is 1. The van der Waals surface area contributed by atoms with E-state index < -0.39 is 0 Å². The SMILES string of the molecule is C.CC(=O)c1ccc(NC(=O)COc2ccccc2C)cc1. The third-order valence-corrected chi connectivity index (χ3v) is 3.03. The van der Waals surface area contributed by atoms with Gasteiger partial charge in [-0.2, -0.15) is 0 Å². The molecule has 0 saturated heterocycles. The first-order valence-electron chi connectivity index (χ1n) is 6.65. The predicted octanol–water partition coefficient (Wildman–Crippen LogP) is 3.85. The van der Waals surface area contributed by atoms with Crippen molar-refractivity contribution in [2.24, 2.45) is 0 Å². The highest BCUT2D eigenvalue weighted by molar-refractivity contribution is 5.95. The Morgan fingerprint density at radius 1 is 1.05 bits per heavy atom. The highest BCUT2D eigenvalue weighted by Gasteiger charge is 2.06. The number of hydrogen-bond acceptors (Lipinski definition) is 3. The number of Topliss-reactive ketones (excluding diaryl/α,β-unsaturated/α-hetero) is 1. The van der Waals surface area contributed by atoms with Gasteiger partial charge in [-0.3, -0.25) is 9.59 Å². The molecule has 0 heterocycles. The van der Waals surface area contributed by atoms with Crippen LogP contribution in [-0.4, -0.2) is 18.3 Å². The normalized spacial score (nSPS) is 9.55. The Morgan fingerprint density at radius 3 is 2.27 bits per heavy atom. The van der Waals surface area contributed by atoms with Gasteiger partial charge in [-0.05, 0) is 49.7 Å². The fraction of sp³-hybridized carbons (Fsp3) is 0.222.